The fraction of sp³-hybridized carbons (Fsp3) is 0.703. The molecule has 5 heteroatoms. The molecule has 382 valence electrons. The predicted molar refractivity (Wildman–Crippen MR) is 294 cm³/mol. The summed E-state index contributed by atoms with van der Waals surface area (Å²) in [5, 5.41) is 9.98. The molecule has 0 saturated heterocycles. The third-order valence-corrected chi connectivity index (χ3v) is 12.1. The highest BCUT2D eigenvalue weighted by Crippen LogP contribution is 2.39. The molecule has 0 saturated carbocycles. The minimum atomic E-state index is -1.06. The first-order valence-corrected chi connectivity index (χ1v) is 28.3. The van der Waals surface area contributed by atoms with Gasteiger partial charge in [0, 0.05) is 38.5 Å². The second-order valence-electron chi connectivity index (χ2n) is 18.6. The van der Waals surface area contributed by atoms with Gasteiger partial charge in [-0.15, -0.1) is 0 Å². The van der Waals surface area contributed by atoms with Crippen LogP contribution in [0.25, 0.3) is 0 Å². The number of rotatable bonds is 43. The van der Waals surface area contributed by atoms with Crippen molar-refractivity contribution < 1.29 is 24.1 Å². The molecule has 0 aromatic heterocycles. The van der Waals surface area contributed by atoms with E-state index < -0.39 is 5.97 Å². The second-order valence-corrected chi connectivity index (χ2v) is 18.6. The molecule has 1 N–H and O–H groups in total. The van der Waals surface area contributed by atoms with Crippen molar-refractivity contribution in [2.45, 2.75) is 271 Å². The summed E-state index contributed by atoms with van der Waals surface area (Å²) >= 11 is 0. The Morgan fingerprint density at radius 2 is 0.580 bits per heavy atom. The maximum absolute atomic E-state index is 12.2. The molecular weight excluding hydrogens is 849 g/mol. The van der Waals surface area contributed by atoms with Crippen molar-refractivity contribution in [2.75, 3.05) is 19.8 Å². The van der Waals surface area contributed by atoms with Gasteiger partial charge in [-0.25, -0.2) is 4.79 Å². The van der Waals surface area contributed by atoms with Crippen LogP contribution in [0.15, 0.2) is 12.1 Å². The summed E-state index contributed by atoms with van der Waals surface area (Å²) in [6.07, 6.45) is 46.1. The molecule has 1 rings (SSSR count). The van der Waals surface area contributed by atoms with Crippen molar-refractivity contribution in [3.05, 3.63) is 17.7 Å². The van der Waals surface area contributed by atoms with E-state index in [1.54, 1.807) is 0 Å². The molecule has 5 nitrogen and oxygen atoms in total. The molecule has 69 heavy (non-hydrogen) atoms. The SMILES string of the molecule is CCCCCCCCCCCCC#CC#CCCCOc1cc(C(=O)O)cc(OCCCC#CC#CCCCCCCCCCCCC)c1OCCCC#CC#CCCCCCCCCCCCC. The van der Waals surface area contributed by atoms with Crippen LogP contribution in [-0.2, 0) is 0 Å². The van der Waals surface area contributed by atoms with Crippen LogP contribution in [-0.4, -0.2) is 30.9 Å². The zero-order valence-corrected chi connectivity index (χ0v) is 44.4. The predicted octanol–water partition coefficient (Wildman–Crippen LogP) is 17.8. The minimum absolute atomic E-state index is 0.0737. The first-order chi connectivity index (χ1) is 34.1. The zero-order chi connectivity index (χ0) is 49.6. The van der Waals surface area contributed by atoms with Crippen LogP contribution in [0.5, 0.6) is 17.2 Å². The Morgan fingerprint density at radius 1 is 0.348 bits per heavy atom. The van der Waals surface area contributed by atoms with Crippen LogP contribution in [0.2, 0.25) is 0 Å². The van der Waals surface area contributed by atoms with E-state index in [4.69, 9.17) is 14.2 Å². The number of hydrogen-bond donors (Lipinski definition) is 1. The second kappa shape index (κ2) is 51.3. The molecule has 0 heterocycles. The van der Waals surface area contributed by atoms with Gasteiger partial charge in [-0.05, 0) is 86.2 Å². The highest BCUT2D eigenvalue weighted by atomic mass is 16.5. The van der Waals surface area contributed by atoms with Crippen LogP contribution < -0.4 is 14.2 Å². The van der Waals surface area contributed by atoms with E-state index in [1.807, 2.05) is 0 Å². The zero-order valence-electron chi connectivity index (χ0n) is 44.4. The number of carbonyl (C=O) groups is 1. The lowest BCUT2D eigenvalue weighted by Gasteiger charge is -2.17. The summed E-state index contributed by atoms with van der Waals surface area (Å²) in [7, 11) is 0. The Balaban J connectivity index is 2.67. The quantitative estimate of drug-likeness (QED) is 0.0522. The number of unbranched alkanes of at least 4 members (excludes halogenated alkanes) is 33. The number of ether oxygens (including phenoxy) is 3. The van der Waals surface area contributed by atoms with E-state index in [0.29, 0.717) is 75.6 Å². The molecule has 1 aromatic rings. The normalized spacial score (nSPS) is 10.1. The summed E-state index contributed by atoms with van der Waals surface area (Å²) in [6, 6.07) is 3.03. The van der Waals surface area contributed by atoms with E-state index in [0.717, 1.165) is 38.5 Å². The van der Waals surface area contributed by atoms with Crippen molar-refractivity contribution in [1.29, 1.82) is 0 Å². The van der Waals surface area contributed by atoms with Crippen LogP contribution >= 0.6 is 0 Å². The Hall–Kier alpha value is -4.55. The Bertz CT molecular complexity index is 1700. The molecule has 1 aromatic carbocycles. The molecule has 0 fully saturated rings. The monoisotopic (exact) mass is 945 g/mol. The van der Waals surface area contributed by atoms with E-state index in [1.165, 1.54) is 185 Å². The third kappa shape index (κ3) is 42.1. The Labute approximate surface area is 425 Å². The van der Waals surface area contributed by atoms with E-state index >= 15 is 0 Å². The lowest BCUT2D eigenvalue weighted by atomic mass is 10.1. The summed E-state index contributed by atoms with van der Waals surface area (Å²) in [4.78, 5) is 12.2. The molecule has 0 amide bonds. The van der Waals surface area contributed by atoms with Gasteiger partial charge in [0.2, 0.25) is 5.75 Å². The van der Waals surface area contributed by atoms with Gasteiger partial charge in [-0.3, -0.25) is 0 Å². The molecule has 0 aliphatic carbocycles. The van der Waals surface area contributed by atoms with Gasteiger partial charge in [-0.2, -0.15) is 0 Å². The summed E-state index contributed by atoms with van der Waals surface area (Å²) in [6.45, 7) is 7.86. The summed E-state index contributed by atoms with van der Waals surface area (Å²) in [5.41, 5.74) is 0.0737. The van der Waals surface area contributed by atoms with Gasteiger partial charge in [0.1, 0.15) is 0 Å². The van der Waals surface area contributed by atoms with Gasteiger partial charge in [0.25, 0.3) is 0 Å². The molecule has 0 atom stereocenters. The molecule has 0 spiro atoms. The van der Waals surface area contributed by atoms with Crippen molar-refractivity contribution in [1.82, 2.24) is 0 Å². The Morgan fingerprint density at radius 3 is 0.841 bits per heavy atom. The smallest absolute Gasteiger partial charge is 0.335 e. The van der Waals surface area contributed by atoms with Crippen molar-refractivity contribution in [3.63, 3.8) is 0 Å². The first-order valence-electron chi connectivity index (χ1n) is 28.3. The molecule has 0 radical (unpaired) electrons. The maximum Gasteiger partial charge on any atom is 0.335 e. The van der Waals surface area contributed by atoms with E-state index in [2.05, 4.69) is 91.8 Å². The molecule has 0 aliphatic rings. The van der Waals surface area contributed by atoms with E-state index in [-0.39, 0.29) is 5.56 Å². The maximum atomic E-state index is 12.2. The average molecular weight is 945 g/mol. The van der Waals surface area contributed by atoms with Crippen LogP contribution in [0.1, 0.15) is 282 Å². The lowest BCUT2D eigenvalue weighted by Crippen LogP contribution is -2.08. The fourth-order valence-corrected chi connectivity index (χ4v) is 7.82. The van der Waals surface area contributed by atoms with Crippen molar-refractivity contribution in [2.24, 2.45) is 0 Å². The topological polar surface area (TPSA) is 65.0 Å². The summed E-state index contributed by atoms with van der Waals surface area (Å²) < 4.78 is 18.6. The van der Waals surface area contributed by atoms with Gasteiger partial charge < -0.3 is 19.3 Å². The number of benzene rings is 1. The molecule has 0 bridgehead atoms. The largest absolute Gasteiger partial charge is 0.489 e. The molecular formula is C64H96O5. The number of carboxylic acid groups (broad SMARTS) is 1. The first kappa shape index (κ1) is 62.5. The van der Waals surface area contributed by atoms with Gasteiger partial charge in [0.05, 0.1) is 25.4 Å². The average Bonchev–Trinajstić information content (AvgIpc) is 3.35. The lowest BCUT2D eigenvalue weighted by molar-refractivity contribution is 0.0695. The fourth-order valence-electron chi connectivity index (χ4n) is 7.82. The molecule has 0 aliphatic heterocycles. The van der Waals surface area contributed by atoms with Crippen LogP contribution in [0.3, 0.4) is 0 Å². The van der Waals surface area contributed by atoms with Gasteiger partial charge >= 0.3 is 5.97 Å². The summed E-state index contributed by atoms with van der Waals surface area (Å²) in [5.74, 6) is 37.0. The minimum Gasteiger partial charge on any atom is -0.489 e. The van der Waals surface area contributed by atoms with Crippen LogP contribution in [0, 0.1) is 71.0 Å². The third-order valence-electron chi connectivity index (χ3n) is 12.1. The molecule has 0 unspecified atom stereocenters. The highest BCUT2D eigenvalue weighted by molar-refractivity contribution is 5.89. The van der Waals surface area contributed by atoms with Gasteiger partial charge in [-0.1, -0.05) is 230 Å². The van der Waals surface area contributed by atoms with E-state index in [9.17, 15) is 9.90 Å². The highest BCUT2D eigenvalue weighted by Gasteiger charge is 2.19. The standard InChI is InChI=1S/C64H96O5/c1-4-7-10-13-16-19-22-25-28-31-34-37-40-43-46-49-52-55-67-61-58-60(64(65)66)59-62(68-56-53-50-47-44-41-38-35-32-29-26-23-20-17-14-11-8-5-2)63(61)69-57-54-51-48-45-42-39-36-33-30-27-24-21-18-15-12-9-6-3/h58-59H,4-36,49-57H2,1-3H3,(H,65,66). The Kier molecular flexibility index (Phi) is 46.4. The number of carboxylic acids is 1. The van der Waals surface area contributed by atoms with Crippen LogP contribution in [0.4, 0.5) is 0 Å². The van der Waals surface area contributed by atoms with Gasteiger partial charge in [0.15, 0.2) is 11.5 Å². The number of hydrogen-bond acceptors (Lipinski definition) is 4. The number of aromatic carboxylic acids is 1. The van der Waals surface area contributed by atoms with Crippen molar-refractivity contribution >= 4 is 5.97 Å². The van der Waals surface area contributed by atoms with Crippen molar-refractivity contribution in [3.8, 4) is 88.3 Å².